The molecule has 0 radical (unpaired) electrons. The Morgan fingerprint density at radius 3 is 2.88 bits per heavy atom. The van der Waals surface area contributed by atoms with Crippen molar-refractivity contribution in [3.8, 4) is 0 Å². The minimum atomic E-state index is -0.104. The number of aryl methyl sites for hydroxylation is 2. The van der Waals surface area contributed by atoms with Gasteiger partial charge in [0.2, 0.25) is 0 Å². The standard InChI is InChI=1S/C19H27N3O2/c1-12-3-4-13(2)17(7-12)21-19(23)20-15-8-16-11-24-18(14-5-6-14)10-22(16)9-15/h3-4,7,14-16,18H,5-6,8-11H2,1-2H3,(H2,20,21,23)/t15-,16+,18-/m1/s1. The molecule has 2 amide bonds. The minimum Gasteiger partial charge on any atom is -0.375 e. The van der Waals surface area contributed by atoms with Crippen LogP contribution in [0.1, 0.15) is 30.4 Å². The van der Waals surface area contributed by atoms with Crippen LogP contribution in [0.15, 0.2) is 18.2 Å². The van der Waals surface area contributed by atoms with Gasteiger partial charge in [-0.3, -0.25) is 4.90 Å². The van der Waals surface area contributed by atoms with E-state index in [4.69, 9.17) is 4.74 Å². The highest BCUT2D eigenvalue weighted by atomic mass is 16.5. The number of fused-ring (bicyclic) bond motifs is 1. The molecule has 4 rings (SSSR count). The van der Waals surface area contributed by atoms with Crippen molar-refractivity contribution in [2.24, 2.45) is 5.92 Å². The van der Waals surface area contributed by atoms with Gasteiger partial charge in [0.25, 0.3) is 0 Å². The van der Waals surface area contributed by atoms with E-state index in [2.05, 4.69) is 21.6 Å². The predicted octanol–water partition coefficient (Wildman–Crippen LogP) is 2.68. The number of rotatable bonds is 3. The number of ether oxygens (including phenoxy) is 1. The summed E-state index contributed by atoms with van der Waals surface area (Å²) in [4.78, 5) is 14.9. The molecule has 0 aromatic heterocycles. The van der Waals surface area contributed by atoms with E-state index in [0.29, 0.717) is 12.1 Å². The second-order valence-electron chi connectivity index (χ2n) is 7.67. The number of hydrogen-bond donors (Lipinski definition) is 2. The smallest absolute Gasteiger partial charge is 0.319 e. The zero-order valence-electron chi connectivity index (χ0n) is 14.5. The molecular formula is C19H27N3O2. The molecule has 24 heavy (non-hydrogen) atoms. The Hall–Kier alpha value is -1.59. The second-order valence-corrected chi connectivity index (χ2v) is 7.67. The van der Waals surface area contributed by atoms with Gasteiger partial charge in [0, 0.05) is 30.9 Å². The van der Waals surface area contributed by atoms with Gasteiger partial charge < -0.3 is 15.4 Å². The maximum atomic E-state index is 12.3. The lowest BCUT2D eigenvalue weighted by Crippen LogP contribution is -2.47. The monoisotopic (exact) mass is 329 g/mol. The summed E-state index contributed by atoms with van der Waals surface area (Å²) in [6.07, 6.45) is 4.05. The van der Waals surface area contributed by atoms with Crippen LogP contribution < -0.4 is 10.6 Å². The predicted molar refractivity (Wildman–Crippen MR) is 94.3 cm³/mol. The van der Waals surface area contributed by atoms with E-state index in [1.165, 1.54) is 12.8 Å². The fourth-order valence-electron chi connectivity index (χ4n) is 3.97. The zero-order valence-corrected chi connectivity index (χ0v) is 14.5. The fourth-order valence-corrected chi connectivity index (χ4v) is 3.97. The first-order valence-electron chi connectivity index (χ1n) is 9.09. The van der Waals surface area contributed by atoms with E-state index >= 15 is 0 Å². The molecular weight excluding hydrogens is 302 g/mol. The summed E-state index contributed by atoms with van der Waals surface area (Å²) in [5, 5.41) is 6.14. The van der Waals surface area contributed by atoms with Crippen LogP contribution in [0.2, 0.25) is 0 Å². The highest BCUT2D eigenvalue weighted by molar-refractivity contribution is 5.90. The van der Waals surface area contributed by atoms with Crippen LogP contribution in [0, 0.1) is 19.8 Å². The van der Waals surface area contributed by atoms with Gasteiger partial charge in [0.1, 0.15) is 0 Å². The first kappa shape index (κ1) is 15.9. The molecule has 1 aromatic carbocycles. The van der Waals surface area contributed by atoms with E-state index in [1.807, 2.05) is 26.0 Å². The van der Waals surface area contributed by atoms with Crippen molar-refractivity contribution in [1.82, 2.24) is 10.2 Å². The van der Waals surface area contributed by atoms with Crippen LogP contribution >= 0.6 is 0 Å². The summed E-state index contributed by atoms with van der Waals surface area (Å²) in [6, 6.07) is 6.68. The van der Waals surface area contributed by atoms with Crippen LogP contribution in [-0.2, 0) is 4.74 Å². The lowest BCUT2D eigenvalue weighted by atomic mass is 10.1. The molecule has 1 saturated carbocycles. The van der Waals surface area contributed by atoms with E-state index in [9.17, 15) is 4.79 Å². The Morgan fingerprint density at radius 2 is 2.08 bits per heavy atom. The van der Waals surface area contributed by atoms with Crippen LogP contribution in [0.25, 0.3) is 0 Å². The third-order valence-electron chi connectivity index (χ3n) is 5.57. The van der Waals surface area contributed by atoms with E-state index in [-0.39, 0.29) is 12.1 Å². The molecule has 5 nitrogen and oxygen atoms in total. The van der Waals surface area contributed by atoms with Gasteiger partial charge in [0.05, 0.1) is 12.7 Å². The molecule has 2 heterocycles. The summed E-state index contributed by atoms with van der Waals surface area (Å²) in [7, 11) is 0. The number of nitrogens with one attached hydrogen (secondary N) is 2. The molecule has 3 atom stereocenters. The molecule has 0 bridgehead atoms. The van der Waals surface area contributed by atoms with Gasteiger partial charge in [-0.2, -0.15) is 0 Å². The Bertz CT molecular complexity index is 629. The Balaban J connectivity index is 1.31. The highest BCUT2D eigenvalue weighted by Crippen LogP contribution is 2.37. The van der Waals surface area contributed by atoms with E-state index in [1.54, 1.807) is 0 Å². The van der Waals surface area contributed by atoms with Crippen molar-refractivity contribution in [3.05, 3.63) is 29.3 Å². The molecule has 2 N–H and O–H groups in total. The number of anilines is 1. The number of amides is 2. The number of nitrogens with zero attached hydrogens (tertiary/aromatic N) is 1. The van der Waals surface area contributed by atoms with Gasteiger partial charge in [-0.05, 0) is 56.2 Å². The Labute approximate surface area is 143 Å². The first-order valence-corrected chi connectivity index (χ1v) is 9.09. The first-order chi connectivity index (χ1) is 11.6. The van der Waals surface area contributed by atoms with Crippen molar-refractivity contribution in [1.29, 1.82) is 0 Å². The number of carbonyl (C=O) groups is 1. The summed E-state index contributed by atoms with van der Waals surface area (Å²) in [5.74, 6) is 0.783. The van der Waals surface area contributed by atoms with E-state index < -0.39 is 0 Å². The van der Waals surface area contributed by atoms with Gasteiger partial charge in [0.15, 0.2) is 0 Å². The van der Waals surface area contributed by atoms with Crippen LogP contribution in [0.3, 0.4) is 0 Å². The Morgan fingerprint density at radius 1 is 1.25 bits per heavy atom. The largest absolute Gasteiger partial charge is 0.375 e. The Kier molecular flexibility index (Phi) is 4.22. The van der Waals surface area contributed by atoms with Crippen molar-refractivity contribution < 1.29 is 9.53 Å². The van der Waals surface area contributed by atoms with Crippen molar-refractivity contribution in [2.75, 3.05) is 25.0 Å². The molecule has 0 unspecified atom stereocenters. The zero-order chi connectivity index (χ0) is 16.7. The topological polar surface area (TPSA) is 53.6 Å². The summed E-state index contributed by atoms with van der Waals surface area (Å²) in [6.45, 7) is 6.84. The van der Waals surface area contributed by atoms with E-state index in [0.717, 1.165) is 48.8 Å². The molecule has 5 heteroatoms. The maximum Gasteiger partial charge on any atom is 0.319 e. The number of benzene rings is 1. The van der Waals surface area contributed by atoms with Gasteiger partial charge in [-0.15, -0.1) is 0 Å². The molecule has 1 aromatic rings. The molecule has 2 saturated heterocycles. The molecule has 1 aliphatic carbocycles. The summed E-state index contributed by atoms with van der Waals surface area (Å²) >= 11 is 0. The van der Waals surface area contributed by atoms with Gasteiger partial charge in [-0.25, -0.2) is 4.79 Å². The molecule has 130 valence electrons. The SMILES string of the molecule is Cc1ccc(C)c(NC(=O)N[C@@H]2C[C@H]3CO[C@@H](C4CC4)CN3C2)c1. The number of morpholine rings is 1. The molecule has 0 spiro atoms. The quantitative estimate of drug-likeness (QED) is 0.896. The van der Waals surface area contributed by atoms with Gasteiger partial charge in [-0.1, -0.05) is 12.1 Å². The lowest BCUT2D eigenvalue weighted by molar-refractivity contribution is -0.0581. The number of carbonyl (C=O) groups excluding carboxylic acids is 1. The molecule has 3 aliphatic rings. The lowest BCUT2D eigenvalue weighted by Gasteiger charge is -2.35. The normalized spacial score (nSPS) is 30.0. The third-order valence-corrected chi connectivity index (χ3v) is 5.57. The van der Waals surface area contributed by atoms with Crippen molar-refractivity contribution >= 4 is 11.7 Å². The minimum absolute atomic E-state index is 0.104. The number of urea groups is 1. The third kappa shape index (κ3) is 3.42. The molecule has 2 aliphatic heterocycles. The highest BCUT2D eigenvalue weighted by Gasteiger charge is 2.42. The fraction of sp³-hybridized carbons (Fsp3) is 0.632. The average molecular weight is 329 g/mol. The van der Waals surface area contributed by atoms with Crippen molar-refractivity contribution in [2.45, 2.75) is 51.3 Å². The second kappa shape index (κ2) is 6.37. The maximum absolute atomic E-state index is 12.3. The van der Waals surface area contributed by atoms with Crippen LogP contribution in [0.5, 0.6) is 0 Å². The van der Waals surface area contributed by atoms with Crippen molar-refractivity contribution in [3.63, 3.8) is 0 Å². The summed E-state index contributed by atoms with van der Waals surface area (Å²) < 4.78 is 6.02. The van der Waals surface area contributed by atoms with Crippen LogP contribution in [0.4, 0.5) is 10.5 Å². The number of hydrogen-bond acceptors (Lipinski definition) is 3. The summed E-state index contributed by atoms with van der Waals surface area (Å²) in [5.41, 5.74) is 3.12. The van der Waals surface area contributed by atoms with Crippen LogP contribution in [-0.4, -0.2) is 48.8 Å². The average Bonchev–Trinajstić information content (AvgIpc) is 3.31. The van der Waals surface area contributed by atoms with Gasteiger partial charge >= 0.3 is 6.03 Å². The molecule has 3 fully saturated rings.